The minimum atomic E-state index is -0.620. The van der Waals surface area contributed by atoms with Crippen LogP contribution in [0, 0.1) is 17.6 Å². The Morgan fingerprint density at radius 1 is 1.04 bits per heavy atom. The molecule has 2 nitrogen and oxygen atoms in total. The number of hydrogen-bond acceptors (Lipinski definition) is 2. The van der Waals surface area contributed by atoms with Crippen LogP contribution in [0.1, 0.15) is 62.2 Å². The van der Waals surface area contributed by atoms with E-state index >= 15 is 0 Å². The molecule has 2 aromatic carbocycles. The number of benzene rings is 2. The molecular formula is C23H26F2O2. The van der Waals surface area contributed by atoms with Gasteiger partial charge in [0.05, 0.1) is 5.56 Å². The van der Waals surface area contributed by atoms with Gasteiger partial charge in [0.15, 0.2) is 0 Å². The van der Waals surface area contributed by atoms with E-state index in [9.17, 15) is 13.6 Å². The predicted molar refractivity (Wildman–Crippen MR) is 102 cm³/mol. The standard InChI is InChI=1S/C23H26F2O2/c1-2-3-4-16-5-12-20(13-6-16)27-23(26)18-9-7-17(8-10-18)21-14-11-19(24)15-22(21)25/h7-11,14-16,20H,2-6,12-13H2,1H3/t16-,20-. The summed E-state index contributed by atoms with van der Waals surface area (Å²) in [5.74, 6) is -0.797. The maximum Gasteiger partial charge on any atom is 0.338 e. The summed E-state index contributed by atoms with van der Waals surface area (Å²) < 4.78 is 32.6. The molecule has 0 bridgehead atoms. The van der Waals surface area contributed by atoms with Crippen molar-refractivity contribution in [1.29, 1.82) is 0 Å². The molecule has 4 heteroatoms. The van der Waals surface area contributed by atoms with Gasteiger partial charge in [0.2, 0.25) is 0 Å². The highest BCUT2D eigenvalue weighted by Crippen LogP contribution is 2.30. The zero-order valence-electron chi connectivity index (χ0n) is 15.7. The first-order valence-electron chi connectivity index (χ1n) is 9.83. The third-order valence-corrected chi connectivity index (χ3v) is 5.40. The van der Waals surface area contributed by atoms with E-state index in [4.69, 9.17) is 4.74 Å². The number of unbranched alkanes of at least 4 members (excludes halogenated alkanes) is 1. The Morgan fingerprint density at radius 3 is 2.37 bits per heavy atom. The summed E-state index contributed by atoms with van der Waals surface area (Å²) in [6.07, 6.45) is 7.88. The van der Waals surface area contributed by atoms with E-state index in [1.807, 2.05) is 0 Å². The highest BCUT2D eigenvalue weighted by molar-refractivity contribution is 5.90. The number of ether oxygens (including phenoxy) is 1. The number of carbonyl (C=O) groups excluding carboxylic acids is 1. The molecule has 0 amide bonds. The van der Waals surface area contributed by atoms with Crippen molar-refractivity contribution in [3.8, 4) is 11.1 Å². The van der Waals surface area contributed by atoms with E-state index in [0.29, 0.717) is 16.7 Å². The molecule has 1 aliphatic carbocycles. The number of rotatable bonds is 6. The maximum atomic E-state index is 13.9. The van der Waals surface area contributed by atoms with Crippen LogP contribution < -0.4 is 0 Å². The van der Waals surface area contributed by atoms with Gasteiger partial charge in [-0.2, -0.15) is 0 Å². The van der Waals surface area contributed by atoms with E-state index in [-0.39, 0.29) is 12.1 Å². The summed E-state index contributed by atoms with van der Waals surface area (Å²) in [5.41, 5.74) is 1.36. The van der Waals surface area contributed by atoms with Crippen LogP contribution in [0.2, 0.25) is 0 Å². The Hall–Kier alpha value is -2.23. The van der Waals surface area contributed by atoms with Crippen LogP contribution in [0.5, 0.6) is 0 Å². The Kier molecular flexibility index (Phi) is 6.59. The Bertz CT molecular complexity index is 762. The highest BCUT2D eigenvalue weighted by atomic mass is 19.1. The van der Waals surface area contributed by atoms with Crippen molar-refractivity contribution >= 4 is 5.97 Å². The lowest BCUT2D eigenvalue weighted by molar-refractivity contribution is 0.0161. The van der Waals surface area contributed by atoms with Crippen molar-refractivity contribution in [2.45, 2.75) is 58.0 Å². The first-order valence-corrected chi connectivity index (χ1v) is 9.83. The molecule has 0 unspecified atom stereocenters. The van der Waals surface area contributed by atoms with Crippen molar-refractivity contribution in [2.75, 3.05) is 0 Å². The molecule has 0 heterocycles. The normalized spacial score (nSPS) is 19.7. The van der Waals surface area contributed by atoms with Gasteiger partial charge in [0, 0.05) is 11.6 Å². The van der Waals surface area contributed by atoms with Gasteiger partial charge < -0.3 is 4.74 Å². The van der Waals surface area contributed by atoms with Crippen LogP contribution in [0.15, 0.2) is 42.5 Å². The third-order valence-electron chi connectivity index (χ3n) is 5.40. The van der Waals surface area contributed by atoms with Gasteiger partial charge in [-0.15, -0.1) is 0 Å². The van der Waals surface area contributed by atoms with Gasteiger partial charge in [-0.3, -0.25) is 0 Å². The van der Waals surface area contributed by atoms with E-state index in [2.05, 4.69) is 6.92 Å². The summed E-state index contributed by atoms with van der Waals surface area (Å²) in [7, 11) is 0. The SMILES string of the molecule is CCCC[C@H]1CC[C@H](OC(=O)c2ccc(-c3ccc(F)cc3F)cc2)CC1. The van der Waals surface area contributed by atoms with Crippen LogP contribution in [-0.4, -0.2) is 12.1 Å². The number of halogens is 2. The van der Waals surface area contributed by atoms with E-state index < -0.39 is 11.6 Å². The summed E-state index contributed by atoms with van der Waals surface area (Å²) in [4.78, 5) is 12.4. The Labute approximate surface area is 159 Å². The molecule has 0 radical (unpaired) electrons. The van der Waals surface area contributed by atoms with Crippen LogP contribution in [-0.2, 0) is 4.74 Å². The highest BCUT2D eigenvalue weighted by Gasteiger charge is 2.24. The maximum absolute atomic E-state index is 13.9. The van der Waals surface area contributed by atoms with E-state index in [1.54, 1.807) is 24.3 Å². The summed E-state index contributed by atoms with van der Waals surface area (Å²) in [6.45, 7) is 2.21. The van der Waals surface area contributed by atoms with Crippen molar-refractivity contribution in [2.24, 2.45) is 5.92 Å². The molecule has 3 rings (SSSR count). The fourth-order valence-corrected chi connectivity index (χ4v) is 3.76. The van der Waals surface area contributed by atoms with E-state index in [1.165, 1.54) is 31.4 Å². The molecular weight excluding hydrogens is 346 g/mol. The van der Waals surface area contributed by atoms with Gasteiger partial charge >= 0.3 is 5.97 Å². The molecule has 2 aromatic rings. The van der Waals surface area contributed by atoms with Crippen molar-refractivity contribution in [3.05, 3.63) is 59.7 Å². The second-order valence-corrected chi connectivity index (χ2v) is 7.39. The quantitative estimate of drug-likeness (QED) is 0.538. The zero-order valence-corrected chi connectivity index (χ0v) is 15.7. The lowest BCUT2D eigenvalue weighted by Gasteiger charge is -2.28. The van der Waals surface area contributed by atoms with Gasteiger partial charge in [0.1, 0.15) is 17.7 Å². The molecule has 0 saturated heterocycles. The van der Waals surface area contributed by atoms with Crippen LogP contribution in [0.3, 0.4) is 0 Å². The average Bonchev–Trinajstić information content (AvgIpc) is 2.67. The van der Waals surface area contributed by atoms with Crippen molar-refractivity contribution in [3.63, 3.8) is 0 Å². The van der Waals surface area contributed by atoms with Gasteiger partial charge in [-0.25, -0.2) is 13.6 Å². The van der Waals surface area contributed by atoms with Crippen LogP contribution in [0.4, 0.5) is 8.78 Å². The fourth-order valence-electron chi connectivity index (χ4n) is 3.76. The first kappa shape index (κ1) is 19.5. The largest absolute Gasteiger partial charge is 0.459 e. The number of esters is 1. The molecule has 1 saturated carbocycles. The average molecular weight is 372 g/mol. The van der Waals surface area contributed by atoms with E-state index in [0.717, 1.165) is 37.7 Å². The Morgan fingerprint density at radius 2 is 1.74 bits per heavy atom. The second-order valence-electron chi connectivity index (χ2n) is 7.39. The minimum Gasteiger partial charge on any atom is -0.459 e. The van der Waals surface area contributed by atoms with Crippen molar-refractivity contribution < 1.29 is 18.3 Å². The lowest BCUT2D eigenvalue weighted by atomic mass is 9.84. The summed E-state index contributed by atoms with van der Waals surface area (Å²) >= 11 is 0. The monoisotopic (exact) mass is 372 g/mol. The van der Waals surface area contributed by atoms with Crippen LogP contribution in [0.25, 0.3) is 11.1 Å². The molecule has 144 valence electrons. The molecule has 0 spiro atoms. The van der Waals surface area contributed by atoms with Crippen molar-refractivity contribution in [1.82, 2.24) is 0 Å². The van der Waals surface area contributed by atoms with Gasteiger partial charge in [0.25, 0.3) is 0 Å². The second kappa shape index (κ2) is 9.12. The Balaban J connectivity index is 1.57. The lowest BCUT2D eigenvalue weighted by Crippen LogP contribution is -2.24. The topological polar surface area (TPSA) is 26.3 Å². The zero-order chi connectivity index (χ0) is 19.2. The smallest absolute Gasteiger partial charge is 0.338 e. The molecule has 0 N–H and O–H groups in total. The molecule has 0 aromatic heterocycles. The predicted octanol–water partition coefficient (Wildman–Crippen LogP) is 6.54. The molecule has 0 aliphatic heterocycles. The van der Waals surface area contributed by atoms with Gasteiger partial charge in [-0.05, 0) is 61.4 Å². The first-order chi connectivity index (χ1) is 13.1. The molecule has 27 heavy (non-hydrogen) atoms. The molecule has 1 aliphatic rings. The number of hydrogen-bond donors (Lipinski definition) is 0. The molecule has 0 atom stereocenters. The number of carbonyl (C=O) groups is 1. The summed E-state index contributed by atoms with van der Waals surface area (Å²) in [5, 5.41) is 0. The molecule has 1 fully saturated rings. The third kappa shape index (κ3) is 5.15. The van der Waals surface area contributed by atoms with Crippen LogP contribution >= 0.6 is 0 Å². The minimum absolute atomic E-state index is 0.00963. The fraction of sp³-hybridized carbons (Fsp3) is 0.435. The van der Waals surface area contributed by atoms with Gasteiger partial charge in [-0.1, -0.05) is 38.3 Å². The summed E-state index contributed by atoms with van der Waals surface area (Å²) in [6, 6.07) is 10.1.